The lowest BCUT2D eigenvalue weighted by molar-refractivity contribution is -0.209. The maximum absolute atomic E-state index is 16.6. The molecule has 2 N–H and O–H groups in total. The first-order valence-corrected chi connectivity index (χ1v) is 9.07. The van der Waals surface area contributed by atoms with Gasteiger partial charge in [0.1, 0.15) is 0 Å². The molecule has 4 rings (SSSR count). The number of nitrogens with zero attached hydrogens (tertiary/aromatic N) is 1. The minimum absolute atomic E-state index is 0.0549. The van der Waals surface area contributed by atoms with Gasteiger partial charge in [-0.15, -0.1) is 0 Å². The molecule has 0 aromatic rings. The van der Waals surface area contributed by atoms with E-state index in [0.29, 0.717) is 25.7 Å². The number of hydrogen-bond donors (Lipinski definition) is 2. The minimum Gasteiger partial charge on any atom is -0.390 e. The number of halogens is 1. The van der Waals surface area contributed by atoms with E-state index in [4.69, 9.17) is 0 Å². The zero-order chi connectivity index (χ0) is 18.3. The highest BCUT2D eigenvalue weighted by molar-refractivity contribution is 6.01. The number of aliphatic hydroxyl groups is 2. The zero-order valence-electron chi connectivity index (χ0n) is 14.6. The van der Waals surface area contributed by atoms with Crippen molar-refractivity contribution in [3.8, 4) is 6.07 Å². The molecule has 0 radical (unpaired) electrons. The summed E-state index contributed by atoms with van der Waals surface area (Å²) in [6, 6.07) is 2.03. The Morgan fingerprint density at radius 1 is 1.32 bits per heavy atom. The molecule has 4 aliphatic rings. The zero-order valence-corrected chi connectivity index (χ0v) is 14.6. The van der Waals surface area contributed by atoms with Gasteiger partial charge in [-0.2, -0.15) is 5.26 Å². The minimum atomic E-state index is -1.89. The van der Waals surface area contributed by atoms with E-state index in [1.54, 1.807) is 13.0 Å². The van der Waals surface area contributed by atoms with Crippen molar-refractivity contribution in [2.24, 2.45) is 22.7 Å². The van der Waals surface area contributed by atoms with Gasteiger partial charge in [-0.25, -0.2) is 4.39 Å². The number of aliphatic hydroxyl groups excluding tert-OH is 1. The van der Waals surface area contributed by atoms with Gasteiger partial charge in [0, 0.05) is 16.7 Å². The first kappa shape index (κ1) is 16.9. The number of fused-ring (bicyclic) bond motifs is 5. The standard InChI is InChI=1S/C20H24FNO3/c1-17-7-5-13(23)9-12(17)3-4-15-14-6-8-19(25,11-22)18(14,2)10-16(24)20(15,17)21/h5,7,9,14-16,24-25H,3-4,6,8,10H2,1-2H3/t14-,15-,16-,17-,18-,19-,20-/m0/s1. The summed E-state index contributed by atoms with van der Waals surface area (Å²) in [5, 5.41) is 31.3. The summed E-state index contributed by atoms with van der Waals surface area (Å²) in [5.74, 6) is -0.733. The molecule has 0 spiro atoms. The second kappa shape index (κ2) is 4.81. The number of ketones is 1. The molecule has 4 aliphatic carbocycles. The fraction of sp³-hybridized carbons (Fsp3) is 0.700. The van der Waals surface area contributed by atoms with Gasteiger partial charge in [0.15, 0.2) is 17.1 Å². The van der Waals surface area contributed by atoms with Crippen molar-refractivity contribution < 1.29 is 19.4 Å². The number of allylic oxidation sites excluding steroid dienone is 4. The lowest BCUT2D eigenvalue weighted by Crippen LogP contribution is -2.68. The highest BCUT2D eigenvalue weighted by Crippen LogP contribution is 2.69. The Labute approximate surface area is 147 Å². The largest absolute Gasteiger partial charge is 0.390 e. The predicted molar refractivity (Wildman–Crippen MR) is 88.9 cm³/mol. The van der Waals surface area contributed by atoms with Crippen LogP contribution >= 0.6 is 0 Å². The van der Waals surface area contributed by atoms with Crippen LogP contribution in [0.15, 0.2) is 23.8 Å². The van der Waals surface area contributed by atoms with Crippen LogP contribution in [0.2, 0.25) is 0 Å². The number of alkyl halides is 1. The topological polar surface area (TPSA) is 81.3 Å². The number of carbonyl (C=O) groups excluding carboxylic acids is 1. The summed E-state index contributed by atoms with van der Waals surface area (Å²) >= 11 is 0. The van der Waals surface area contributed by atoms with Gasteiger partial charge < -0.3 is 10.2 Å². The summed E-state index contributed by atoms with van der Waals surface area (Å²) in [7, 11) is 0. The molecule has 0 aliphatic heterocycles. The molecule has 0 aromatic heterocycles. The van der Waals surface area contributed by atoms with Gasteiger partial charge in [-0.05, 0) is 57.1 Å². The van der Waals surface area contributed by atoms with Crippen molar-refractivity contribution in [2.45, 2.75) is 63.3 Å². The van der Waals surface area contributed by atoms with Gasteiger partial charge in [-0.1, -0.05) is 18.6 Å². The van der Waals surface area contributed by atoms with E-state index in [1.807, 2.05) is 13.0 Å². The first-order valence-electron chi connectivity index (χ1n) is 9.07. The molecular weight excluding hydrogens is 321 g/mol. The first-order chi connectivity index (χ1) is 11.6. The Bertz CT molecular complexity index is 755. The Morgan fingerprint density at radius 3 is 2.72 bits per heavy atom. The highest BCUT2D eigenvalue weighted by Gasteiger charge is 2.73. The van der Waals surface area contributed by atoms with Gasteiger partial charge in [0.25, 0.3) is 0 Å². The molecule has 0 saturated heterocycles. The molecule has 3 saturated carbocycles. The van der Waals surface area contributed by atoms with Crippen LogP contribution < -0.4 is 0 Å². The Kier molecular flexibility index (Phi) is 3.25. The van der Waals surface area contributed by atoms with Crippen molar-refractivity contribution in [1.29, 1.82) is 5.26 Å². The van der Waals surface area contributed by atoms with E-state index < -0.39 is 34.1 Å². The molecular formula is C20H24FNO3. The van der Waals surface area contributed by atoms with Crippen molar-refractivity contribution in [3.63, 3.8) is 0 Å². The average Bonchev–Trinajstić information content (AvgIpc) is 2.82. The molecule has 7 atom stereocenters. The molecule has 5 heteroatoms. The number of hydrogen-bond acceptors (Lipinski definition) is 4. The molecule has 4 nitrogen and oxygen atoms in total. The van der Waals surface area contributed by atoms with Crippen LogP contribution in [0.1, 0.15) is 46.0 Å². The molecule has 25 heavy (non-hydrogen) atoms. The van der Waals surface area contributed by atoms with Gasteiger partial charge >= 0.3 is 0 Å². The molecule has 0 heterocycles. The predicted octanol–water partition coefficient (Wildman–Crippen LogP) is 2.61. The highest BCUT2D eigenvalue weighted by atomic mass is 19.1. The van der Waals surface area contributed by atoms with E-state index in [2.05, 4.69) is 0 Å². The molecule has 134 valence electrons. The molecule has 0 bridgehead atoms. The number of rotatable bonds is 0. The van der Waals surface area contributed by atoms with E-state index in [-0.39, 0.29) is 18.1 Å². The van der Waals surface area contributed by atoms with Crippen molar-refractivity contribution in [2.75, 3.05) is 0 Å². The normalized spacial score (nSPS) is 54.2. The summed E-state index contributed by atoms with van der Waals surface area (Å²) in [6.07, 6.45) is 5.33. The van der Waals surface area contributed by atoms with Gasteiger partial charge in [0.2, 0.25) is 0 Å². The lowest BCUT2D eigenvalue weighted by Gasteiger charge is -2.62. The summed E-state index contributed by atoms with van der Waals surface area (Å²) < 4.78 is 16.6. The number of carbonyl (C=O) groups is 1. The fourth-order valence-electron chi connectivity index (χ4n) is 6.40. The maximum atomic E-state index is 16.6. The quantitative estimate of drug-likeness (QED) is 0.661. The van der Waals surface area contributed by atoms with Gasteiger partial charge in [-0.3, -0.25) is 4.79 Å². The molecule has 0 aromatic carbocycles. The Hall–Kier alpha value is -1.51. The van der Waals surface area contributed by atoms with Crippen LogP contribution in [0.5, 0.6) is 0 Å². The third-order valence-corrected chi connectivity index (χ3v) is 7.98. The summed E-state index contributed by atoms with van der Waals surface area (Å²) in [5.41, 5.74) is -4.49. The second-order valence-corrected chi connectivity index (χ2v) is 8.78. The van der Waals surface area contributed by atoms with Crippen LogP contribution in [0.3, 0.4) is 0 Å². The molecule has 0 amide bonds. The van der Waals surface area contributed by atoms with Crippen molar-refractivity contribution >= 4 is 5.78 Å². The molecule has 3 fully saturated rings. The lowest BCUT2D eigenvalue weighted by atomic mass is 9.45. The van der Waals surface area contributed by atoms with E-state index in [0.717, 1.165) is 5.57 Å². The van der Waals surface area contributed by atoms with Crippen LogP contribution in [-0.2, 0) is 4.79 Å². The van der Waals surface area contributed by atoms with Crippen LogP contribution in [-0.4, -0.2) is 33.4 Å². The Morgan fingerprint density at radius 2 is 2.04 bits per heavy atom. The van der Waals surface area contributed by atoms with Gasteiger partial charge in [0.05, 0.1) is 12.2 Å². The second-order valence-electron chi connectivity index (χ2n) is 8.78. The third kappa shape index (κ3) is 1.75. The number of nitriles is 1. The molecule has 0 unspecified atom stereocenters. The smallest absolute Gasteiger partial charge is 0.178 e. The maximum Gasteiger partial charge on any atom is 0.178 e. The monoisotopic (exact) mass is 345 g/mol. The van der Waals surface area contributed by atoms with E-state index >= 15 is 4.39 Å². The SMILES string of the molecule is C[C@]12C=CC(=O)C=C1CC[C@H]1[C@@H]3CC[C@](O)(C#N)[C@@]3(C)C[C@H](O)[C@@]12F. The van der Waals surface area contributed by atoms with Crippen LogP contribution in [0.25, 0.3) is 0 Å². The van der Waals surface area contributed by atoms with Crippen LogP contribution in [0.4, 0.5) is 4.39 Å². The van der Waals surface area contributed by atoms with E-state index in [9.17, 15) is 20.3 Å². The summed E-state index contributed by atoms with van der Waals surface area (Å²) in [6.45, 7) is 3.59. The average molecular weight is 345 g/mol. The third-order valence-electron chi connectivity index (χ3n) is 7.98. The van der Waals surface area contributed by atoms with Crippen molar-refractivity contribution in [3.05, 3.63) is 23.8 Å². The van der Waals surface area contributed by atoms with E-state index in [1.165, 1.54) is 12.2 Å². The Balaban J connectivity index is 1.84. The van der Waals surface area contributed by atoms with Crippen molar-refractivity contribution in [1.82, 2.24) is 0 Å². The van der Waals surface area contributed by atoms with Crippen LogP contribution in [0, 0.1) is 34.0 Å². The fourth-order valence-corrected chi connectivity index (χ4v) is 6.40. The summed E-state index contributed by atoms with van der Waals surface area (Å²) in [4.78, 5) is 11.7.